The SMILES string of the molecule is CCCc1nc(C(=O)N2CCC(OCc3cccnc3)CC2)cs1. The van der Waals surface area contributed by atoms with Crippen molar-refractivity contribution >= 4 is 17.2 Å². The first-order chi connectivity index (χ1) is 11.8. The van der Waals surface area contributed by atoms with Gasteiger partial charge in [-0.25, -0.2) is 4.98 Å². The predicted molar refractivity (Wildman–Crippen MR) is 94.1 cm³/mol. The van der Waals surface area contributed by atoms with E-state index in [2.05, 4.69) is 16.9 Å². The van der Waals surface area contributed by atoms with Crippen molar-refractivity contribution in [3.8, 4) is 0 Å². The van der Waals surface area contributed by atoms with Crippen LogP contribution < -0.4 is 0 Å². The summed E-state index contributed by atoms with van der Waals surface area (Å²) in [5.74, 6) is 0.0549. The van der Waals surface area contributed by atoms with Gasteiger partial charge in [-0.15, -0.1) is 11.3 Å². The van der Waals surface area contributed by atoms with Gasteiger partial charge in [0.25, 0.3) is 5.91 Å². The van der Waals surface area contributed by atoms with Crippen LogP contribution in [0.15, 0.2) is 29.9 Å². The zero-order valence-electron chi connectivity index (χ0n) is 14.0. The number of hydrogen-bond acceptors (Lipinski definition) is 5. The summed E-state index contributed by atoms with van der Waals surface area (Å²) in [6.07, 6.45) is 7.55. The predicted octanol–water partition coefficient (Wildman–Crippen LogP) is 3.31. The Morgan fingerprint density at radius 3 is 2.96 bits per heavy atom. The van der Waals surface area contributed by atoms with Crippen molar-refractivity contribution in [3.05, 3.63) is 46.2 Å². The summed E-state index contributed by atoms with van der Waals surface area (Å²) < 4.78 is 5.95. The van der Waals surface area contributed by atoms with Gasteiger partial charge in [0, 0.05) is 30.9 Å². The third-order valence-corrected chi connectivity index (χ3v) is 5.08. The number of aromatic nitrogens is 2. The molecule has 3 rings (SSSR count). The van der Waals surface area contributed by atoms with Crippen molar-refractivity contribution in [2.75, 3.05) is 13.1 Å². The Hall–Kier alpha value is -1.79. The minimum Gasteiger partial charge on any atom is -0.373 e. The molecule has 5 nitrogen and oxygen atoms in total. The van der Waals surface area contributed by atoms with Gasteiger partial charge in [-0.1, -0.05) is 13.0 Å². The molecule has 2 aromatic rings. The van der Waals surface area contributed by atoms with Crippen LogP contribution in [0.3, 0.4) is 0 Å². The number of amides is 1. The van der Waals surface area contributed by atoms with Crippen LogP contribution in [-0.2, 0) is 17.8 Å². The van der Waals surface area contributed by atoms with Crippen LogP contribution in [-0.4, -0.2) is 40.0 Å². The molecule has 1 saturated heterocycles. The highest BCUT2D eigenvalue weighted by Crippen LogP contribution is 2.19. The number of hydrogen-bond donors (Lipinski definition) is 0. The Bertz CT molecular complexity index is 651. The fourth-order valence-corrected chi connectivity index (χ4v) is 3.70. The molecule has 0 bridgehead atoms. The summed E-state index contributed by atoms with van der Waals surface area (Å²) in [7, 11) is 0. The second-order valence-corrected chi connectivity index (χ2v) is 6.98. The zero-order valence-corrected chi connectivity index (χ0v) is 14.8. The third kappa shape index (κ3) is 4.39. The second kappa shape index (κ2) is 8.35. The van der Waals surface area contributed by atoms with Gasteiger partial charge >= 0.3 is 0 Å². The molecule has 2 aromatic heterocycles. The Balaban J connectivity index is 1.46. The number of piperidine rings is 1. The van der Waals surface area contributed by atoms with Gasteiger partial charge in [0.05, 0.1) is 17.7 Å². The molecule has 1 aliphatic heterocycles. The first-order valence-electron chi connectivity index (χ1n) is 8.50. The Morgan fingerprint density at radius 1 is 1.42 bits per heavy atom. The van der Waals surface area contributed by atoms with Gasteiger partial charge in [-0.2, -0.15) is 0 Å². The molecule has 0 radical (unpaired) electrons. The summed E-state index contributed by atoms with van der Waals surface area (Å²) in [5, 5.41) is 2.94. The highest BCUT2D eigenvalue weighted by Gasteiger charge is 2.25. The zero-order chi connectivity index (χ0) is 16.8. The van der Waals surface area contributed by atoms with E-state index in [1.165, 1.54) is 0 Å². The largest absolute Gasteiger partial charge is 0.373 e. The monoisotopic (exact) mass is 345 g/mol. The van der Waals surface area contributed by atoms with E-state index in [1.807, 2.05) is 28.6 Å². The van der Waals surface area contributed by atoms with E-state index >= 15 is 0 Å². The quantitative estimate of drug-likeness (QED) is 0.806. The van der Waals surface area contributed by atoms with Gasteiger partial charge in [-0.05, 0) is 37.3 Å². The maximum atomic E-state index is 12.5. The van der Waals surface area contributed by atoms with Crippen LogP contribution >= 0.6 is 11.3 Å². The molecule has 3 heterocycles. The summed E-state index contributed by atoms with van der Waals surface area (Å²) in [4.78, 5) is 23.0. The fourth-order valence-electron chi connectivity index (χ4n) is 2.82. The average molecular weight is 345 g/mol. The average Bonchev–Trinajstić information content (AvgIpc) is 3.10. The Labute approximate surface area is 146 Å². The second-order valence-electron chi connectivity index (χ2n) is 6.04. The van der Waals surface area contributed by atoms with Crippen molar-refractivity contribution < 1.29 is 9.53 Å². The van der Waals surface area contributed by atoms with E-state index in [0.717, 1.165) is 49.3 Å². The lowest BCUT2D eigenvalue weighted by atomic mass is 10.1. The van der Waals surface area contributed by atoms with E-state index in [1.54, 1.807) is 17.5 Å². The van der Waals surface area contributed by atoms with Gasteiger partial charge in [0.2, 0.25) is 0 Å². The van der Waals surface area contributed by atoms with Crippen LogP contribution in [0.5, 0.6) is 0 Å². The van der Waals surface area contributed by atoms with Crippen LogP contribution in [0.25, 0.3) is 0 Å². The lowest BCUT2D eigenvalue weighted by Crippen LogP contribution is -2.41. The molecular weight excluding hydrogens is 322 g/mol. The topological polar surface area (TPSA) is 55.3 Å². The molecular formula is C18H23N3O2S. The molecule has 24 heavy (non-hydrogen) atoms. The van der Waals surface area contributed by atoms with Crippen molar-refractivity contribution in [2.24, 2.45) is 0 Å². The molecule has 0 N–H and O–H groups in total. The minimum absolute atomic E-state index is 0.0549. The van der Waals surface area contributed by atoms with Gasteiger partial charge in [0.1, 0.15) is 5.69 Å². The normalized spacial score (nSPS) is 15.6. The highest BCUT2D eigenvalue weighted by molar-refractivity contribution is 7.09. The molecule has 1 aliphatic rings. The maximum Gasteiger partial charge on any atom is 0.273 e. The van der Waals surface area contributed by atoms with E-state index < -0.39 is 0 Å². The number of aryl methyl sites for hydroxylation is 1. The first kappa shape index (κ1) is 17.0. The Morgan fingerprint density at radius 2 is 2.25 bits per heavy atom. The molecule has 6 heteroatoms. The van der Waals surface area contributed by atoms with Crippen LogP contribution in [0.2, 0.25) is 0 Å². The lowest BCUT2D eigenvalue weighted by Gasteiger charge is -2.31. The summed E-state index contributed by atoms with van der Waals surface area (Å²) in [6, 6.07) is 3.93. The fraction of sp³-hybridized carbons (Fsp3) is 0.500. The molecule has 0 aromatic carbocycles. The molecule has 0 unspecified atom stereocenters. The first-order valence-corrected chi connectivity index (χ1v) is 9.38. The van der Waals surface area contributed by atoms with Crippen molar-refractivity contribution in [1.29, 1.82) is 0 Å². The van der Waals surface area contributed by atoms with Gasteiger partial charge in [0.15, 0.2) is 0 Å². The molecule has 0 saturated carbocycles. The van der Waals surface area contributed by atoms with E-state index in [-0.39, 0.29) is 12.0 Å². The summed E-state index contributed by atoms with van der Waals surface area (Å²) in [6.45, 7) is 4.17. The molecule has 0 atom stereocenters. The minimum atomic E-state index is 0.0549. The Kier molecular flexibility index (Phi) is 5.93. The summed E-state index contributed by atoms with van der Waals surface area (Å²) >= 11 is 1.58. The van der Waals surface area contributed by atoms with Crippen molar-refractivity contribution in [3.63, 3.8) is 0 Å². The number of carbonyl (C=O) groups is 1. The van der Waals surface area contributed by atoms with Gasteiger partial charge < -0.3 is 9.64 Å². The van der Waals surface area contributed by atoms with Crippen LogP contribution in [0.4, 0.5) is 0 Å². The van der Waals surface area contributed by atoms with E-state index in [4.69, 9.17) is 4.74 Å². The van der Waals surface area contributed by atoms with Gasteiger partial charge in [-0.3, -0.25) is 9.78 Å². The van der Waals surface area contributed by atoms with Crippen molar-refractivity contribution in [1.82, 2.24) is 14.9 Å². The molecule has 0 aliphatic carbocycles. The standard InChI is InChI=1S/C18H23N3O2S/c1-2-4-17-20-16(13-24-17)18(22)21-9-6-15(7-10-21)23-12-14-5-3-8-19-11-14/h3,5,8,11,13,15H,2,4,6-7,9-10,12H2,1H3. The molecule has 1 fully saturated rings. The number of likely N-dealkylation sites (tertiary alicyclic amines) is 1. The maximum absolute atomic E-state index is 12.5. The molecule has 1 amide bonds. The van der Waals surface area contributed by atoms with E-state index in [0.29, 0.717) is 12.3 Å². The lowest BCUT2D eigenvalue weighted by molar-refractivity contribution is -0.000584. The van der Waals surface area contributed by atoms with Crippen molar-refractivity contribution in [2.45, 2.75) is 45.3 Å². The number of thiazole rings is 1. The molecule has 128 valence electrons. The number of pyridine rings is 1. The van der Waals surface area contributed by atoms with Crippen LogP contribution in [0, 0.1) is 0 Å². The van der Waals surface area contributed by atoms with Crippen LogP contribution in [0.1, 0.15) is 47.2 Å². The number of carbonyl (C=O) groups excluding carboxylic acids is 1. The highest BCUT2D eigenvalue weighted by atomic mass is 32.1. The third-order valence-electron chi connectivity index (χ3n) is 4.17. The van der Waals surface area contributed by atoms with E-state index in [9.17, 15) is 4.79 Å². The number of nitrogens with zero attached hydrogens (tertiary/aromatic N) is 3. The number of rotatable bonds is 6. The number of ether oxygens (including phenoxy) is 1. The molecule has 0 spiro atoms. The smallest absolute Gasteiger partial charge is 0.273 e. The summed E-state index contributed by atoms with van der Waals surface area (Å²) in [5.41, 5.74) is 1.68.